The number of carbonyl (C=O) groups excluding carboxylic acids is 1. The van der Waals surface area contributed by atoms with Crippen molar-refractivity contribution in [3.63, 3.8) is 0 Å². The van der Waals surface area contributed by atoms with E-state index >= 15 is 0 Å². The van der Waals surface area contributed by atoms with Gasteiger partial charge >= 0.3 is 5.97 Å². The summed E-state index contributed by atoms with van der Waals surface area (Å²) in [5, 5.41) is 11.5. The molecule has 5 nitrogen and oxygen atoms in total. The van der Waals surface area contributed by atoms with Gasteiger partial charge in [-0.25, -0.2) is 0 Å². The molecule has 2 atom stereocenters. The first-order valence-corrected chi connectivity index (χ1v) is 6.81. The van der Waals surface area contributed by atoms with Crippen LogP contribution in [0.4, 0.5) is 5.69 Å². The minimum atomic E-state index is -0.859. The zero-order valence-electron chi connectivity index (χ0n) is 11.9. The van der Waals surface area contributed by atoms with Gasteiger partial charge in [-0.2, -0.15) is 0 Å². The van der Waals surface area contributed by atoms with Crippen molar-refractivity contribution in [1.82, 2.24) is 0 Å². The molecular formula is C15H22N2O3. The minimum absolute atomic E-state index is 0.0320. The Balaban J connectivity index is 2.76. The molecular weight excluding hydrogens is 256 g/mol. The van der Waals surface area contributed by atoms with Crippen LogP contribution in [0.1, 0.15) is 32.3 Å². The molecule has 1 aromatic rings. The lowest BCUT2D eigenvalue weighted by Crippen LogP contribution is -2.40. The van der Waals surface area contributed by atoms with Crippen LogP contribution in [0.15, 0.2) is 24.3 Å². The fourth-order valence-corrected chi connectivity index (χ4v) is 1.83. The van der Waals surface area contributed by atoms with Crippen molar-refractivity contribution in [3.8, 4) is 0 Å². The van der Waals surface area contributed by atoms with Gasteiger partial charge in [0.05, 0.1) is 6.04 Å². The molecule has 5 heteroatoms. The number of carbonyl (C=O) groups is 2. The Morgan fingerprint density at radius 2 is 2.00 bits per heavy atom. The predicted molar refractivity (Wildman–Crippen MR) is 78.5 cm³/mol. The number of hydrogen-bond donors (Lipinski definition) is 3. The Morgan fingerprint density at radius 3 is 2.60 bits per heavy atom. The van der Waals surface area contributed by atoms with Crippen LogP contribution in [0.25, 0.3) is 0 Å². The number of nitrogens with one attached hydrogen (secondary N) is 1. The summed E-state index contributed by atoms with van der Waals surface area (Å²) in [6.07, 6.45) is 1.24. The number of hydrogen-bond acceptors (Lipinski definition) is 3. The number of amides is 1. The van der Waals surface area contributed by atoms with E-state index in [-0.39, 0.29) is 18.2 Å². The number of carboxylic acid groups (broad SMARTS) is 1. The van der Waals surface area contributed by atoms with Gasteiger partial charge in [0, 0.05) is 12.1 Å². The smallest absolute Gasteiger partial charge is 0.303 e. The molecule has 0 aliphatic carbocycles. The average molecular weight is 278 g/mol. The van der Waals surface area contributed by atoms with E-state index < -0.39 is 12.0 Å². The van der Waals surface area contributed by atoms with Gasteiger partial charge in [-0.1, -0.05) is 38.5 Å². The molecule has 0 saturated carbocycles. The van der Waals surface area contributed by atoms with E-state index in [0.29, 0.717) is 12.1 Å². The number of para-hydroxylation sites is 1. The van der Waals surface area contributed by atoms with Gasteiger partial charge in [-0.3, -0.25) is 9.59 Å². The first-order chi connectivity index (χ1) is 9.45. The number of anilines is 1. The van der Waals surface area contributed by atoms with Crippen LogP contribution < -0.4 is 11.1 Å². The summed E-state index contributed by atoms with van der Waals surface area (Å²) in [6, 6.07) is 6.63. The van der Waals surface area contributed by atoms with Gasteiger partial charge in [-0.15, -0.1) is 0 Å². The lowest BCUT2D eigenvalue weighted by molar-refractivity contribution is -0.136. The summed E-state index contributed by atoms with van der Waals surface area (Å²) >= 11 is 0. The molecule has 0 spiro atoms. The maximum Gasteiger partial charge on any atom is 0.303 e. The number of carboxylic acids is 1. The van der Waals surface area contributed by atoms with Crippen LogP contribution in [0.5, 0.6) is 0 Å². The fourth-order valence-electron chi connectivity index (χ4n) is 1.83. The average Bonchev–Trinajstić information content (AvgIpc) is 2.44. The van der Waals surface area contributed by atoms with Crippen LogP contribution in [-0.2, 0) is 16.0 Å². The molecule has 20 heavy (non-hydrogen) atoms. The molecule has 0 aliphatic heterocycles. The topological polar surface area (TPSA) is 92.4 Å². The first-order valence-electron chi connectivity index (χ1n) is 6.81. The fraction of sp³-hybridized carbons (Fsp3) is 0.467. The van der Waals surface area contributed by atoms with Gasteiger partial charge in [0.2, 0.25) is 5.91 Å². The highest BCUT2D eigenvalue weighted by atomic mass is 16.4. The molecule has 1 aromatic carbocycles. The number of rotatable bonds is 7. The third kappa shape index (κ3) is 4.66. The summed E-state index contributed by atoms with van der Waals surface area (Å²) in [5.41, 5.74) is 7.33. The van der Waals surface area contributed by atoms with E-state index in [0.717, 1.165) is 12.0 Å². The van der Waals surface area contributed by atoms with Gasteiger partial charge in [-0.05, 0) is 24.0 Å². The normalized spacial score (nSPS) is 13.6. The number of aryl methyl sites for hydroxylation is 1. The van der Waals surface area contributed by atoms with Crippen LogP contribution >= 0.6 is 0 Å². The number of nitrogens with two attached hydrogens (primary N) is 1. The second kappa shape index (κ2) is 7.65. The van der Waals surface area contributed by atoms with Gasteiger partial charge in [0.15, 0.2) is 0 Å². The third-order valence-electron chi connectivity index (χ3n) is 3.44. The van der Waals surface area contributed by atoms with Crippen molar-refractivity contribution in [1.29, 1.82) is 0 Å². The predicted octanol–water partition coefficient (Wildman–Crippen LogP) is 2.02. The van der Waals surface area contributed by atoms with Crippen molar-refractivity contribution in [2.45, 2.75) is 39.2 Å². The lowest BCUT2D eigenvalue weighted by Gasteiger charge is -2.19. The van der Waals surface area contributed by atoms with Crippen molar-refractivity contribution < 1.29 is 14.7 Å². The molecule has 0 aliphatic rings. The molecule has 0 bridgehead atoms. The number of benzene rings is 1. The monoisotopic (exact) mass is 278 g/mol. The van der Waals surface area contributed by atoms with E-state index in [4.69, 9.17) is 10.8 Å². The molecule has 2 unspecified atom stereocenters. The molecule has 0 saturated heterocycles. The third-order valence-corrected chi connectivity index (χ3v) is 3.44. The summed E-state index contributed by atoms with van der Waals surface area (Å²) in [7, 11) is 0. The molecule has 110 valence electrons. The van der Waals surface area contributed by atoms with Crippen molar-refractivity contribution in [3.05, 3.63) is 29.8 Å². The Kier molecular flexibility index (Phi) is 6.18. The zero-order chi connectivity index (χ0) is 15.1. The Bertz CT molecular complexity index is 474. The molecule has 4 N–H and O–H groups in total. The highest BCUT2D eigenvalue weighted by molar-refractivity contribution is 5.95. The first kappa shape index (κ1) is 16.2. The van der Waals surface area contributed by atoms with Crippen LogP contribution in [0.2, 0.25) is 0 Å². The lowest BCUT2D eigenvalue weighted by atomic mass is 9.99. The van der Waals surface area contributed by atoms with Gasteiger partial charge in [0.25, 0.3) is 0 Å². The quantitative estimate of drug-likeness (QED) is 0.711. The van der Waals surface area contributed by atoms with Crippen LogP contribution in [-0.4, -0.2) is 23.0 Å². The largest absolute Gasteiger partial charge is 0.481 e. The molecule has 1 amide bonds. The molecule has 0 fully saturated rings. The van der Waals surface area contributed by atoms with E-state index in [1.54, 1.807) is 12.1 Å². The van der Waals surface area contributed by atoms with Crippen molar-refractivity contribution in [2.75, 3.05) is 5.32 Å². The van der Waals surface area contributed by atoms with E-state index in [2.05, 4.69) is 5.32 Å². The maximum atomic E-state index is 12.1. The summed E-state index contributed by atoms with van der Waals surface area (Å²) in [6.45, 7) is 3.92. The minimum Gasteiger partial charge on any atom is -0.481 e. The standard InChI is InChI=1S/C15H22N2O3/c1-3-10(2)14(16)15(20)17-12-7-5-4-6-11(12)8-9-13(18)19/h4-7,10,14H,3,8-9,16H2,1-2H3,(H,17,20)(H,18,19). The molecule has 0 heterocycles. The SMILES string of the molecule is CCC(C)C(N)C(=O)Nc1ccccc1CCC(=O)O. The molecule has 1 rings (SSSR count). The highest BCUT2D eigenvalue weighted by Gasteiger charge is 2.20. The van der Waals surface area contributed by atoms with Gasteiger partial charge < -0.3 is 16.2 Å². The van der Waals surface area contributed by atoms with E-state index in [1.165, 1.54) is 0 Å². The van der Waals surface area contributed by atoms with Crippen molar-refractivity contribution >= 4 is 17.6 Å². The van der Waals surface area contributed by atoms with E-state index in [9.17, 15) is 9.59 Å². The summed E-state index contributed by atoms with van der Waals surface area (Å²) in [4.78, 5) is 22.7. The van der Waals surface area contributed by atoms with Crippen molar-refractivity contribution in [2.24, 2.45) is 11.7 Å². The Morgan fingerprint density at radius 1 is 1.35 bits per heavy atom. The second-order valence-electron chi connectivity index (χ2n) is 4.95. The summed E-state index contributed by atoms with van der Waals surface area (Å²) in [5.74, 6) is -0.995. The van der Waals surface area contributed by atoms with Crippen LogP contribution in [0.3, 0.4) is 0 Å². The van der Waals surface area contributed by atoms with Crippen LogP contribution in [0, 0.1) is 5.92 Å². The number of aliphatic carboxylic acids is 1. The highest BCUT2D eigenvalue weighted by Crippen LogP contribution is 2.18. The zero-order valence-corrected chi connectivity index (χ0v) is 11.9. The van der Waals surface area contributed by atoms with Gasteiger partial charge in [0.1, 0.15) is 0 Å². The maximum absolute atomic E-state index is 12.1. The molecule has 0 radical (unpaired) electrons. The van der Waals surface area contributed by atoms with E-state index in [1.807, 2.05) is 26.0 Å². The Hall–Kier alpha value is -1.88. The molecule has 0 aromatic heterocycles. The summed E-state index contributed by atoms with van der Waals surface area (Å²) < 4.78 is 0. The second-order valence-corrected chi connectivity index (χ2v) is 4.95. The Labute approximate surface area is 119 Å².